The summed E-state index contributed by atoms with van der Waals surface area (Å²) in [7, 11) is 1.84. The van der Waals surface area contributed by atoms with Crippen LogP contribution in [0.3, 0.4) is 0 Å². The van der Waals surface area contributed by atoms with Crippen molar-refractivity contribution in [3.8, 4) is 11.1 Å². The number of rotatable bonds is 2. The molecule has 0 aromatic heterocycles. The average molecular weight is 236 g/mol. The maximum Gasteiger partial charge on any atom is 0.123 e. The van der Waals surface area contributed by atoms with Gasteiger partial charge in [0.15, 0.2) is 0 Å². The van der Waals surface area contributed by atoms with Crippen LogP contribution in [0.15, 0.2) is 42.5 Å². The van der Waals surface area contributed by atoms with Gasteiger partial charge in [-0.15, -0.1) is 0 Å². The maximum atomic E-state index is 13.1. The number of halogens is 2. The first-order valence-corrected chi connectivity index (χ1v) is 5.32. The van der Waals surface area contributed by atoms with Gasteiger partial charge in [0.1, 0.15) is 5.82 Å². The van der Waals surface area contributed by atoms with E-state index in [1.54, 1.807) is 6.07 Å². The molecule has 0 atom stereocenters. The van der Waals surface area contributed by atoms with Gasteiger partial charge in [-0.05, 0) is 35.9 Å². The van der Waals surface area contributed by atoms with E-state index in [9.17, 15) is 4.39 Å². The molecule has 2 aromatic carbocycles. The zero-order chi connectivity index (χ0) is 11.5. The summed E-state index contributed by atoms with van der Waals surface area (Å²) in [4.78, 5) is 0. The Balaban J connectivity index is 2.53. The molecule has 0 fully saturated rings. The second-order valence-electron chi connectivity index (χ2n) is 3.45. The van der Waals surface area contributed by atoms with Gasteiger partial charge >= 0.3 is 0 Å². The van der Waals surface area contributed by atoms with Crippen LogP contribution in [0.4, 0.5) is 10.1 Å². The Morgan fingerprint density at radius 3 is 2.69 bits per heavy atom. The fourth-order valence-corrected chi connectivity index (χ4v) is 1.79. The third kappa shape index (κ3) is 2.17. The second-order valence-corrected chi connectivity index (χ2v) is 3.86. The van der Waals surface area contributed by atoms with Crippen molar-refractivity contribution >= 4 is 17.3 Å². The highest BCUT2D eigenvalue weighted by atomic mass is 35.5. The zero-order valence-electron chi connectivity index (χ0n) is 8.80. The van der Waals surface area contributed by atoms with E-state index in [0.29, 0.717) is 10.6 Å². The topological polar surface area (TPSA) is 12.0 Å². The molecule has 0 radical (unpaired) electrons. The van der Waals surface area contributed by atoms with E-state index in [0.717, 1.165) is 11.3 Å². The van der Waals surface area contributed by atoms with Gasteiger partial charge in [0, 0.05) is 23.3 Å². The Morgan fingerprint density at radius 1 is 1.12 bits per heavy atom. The maximum absolute atomic E-state index is 13.1. The minimum atomic E-state index is -0.283. The quantitative estimate of drug-likeness (QED) is 0.823. The van der Waals surface area contributed by atoms with E-state index in [4.69, 9.17) is 11.6 Å². The zero-order valence-corrected chi connectivity index (χ0v) is 9.55. The van der Waals surface area contributed by atoms with Crippen LogP contribution in [0.25, 0.3) is 11.1 Å². The fraction of sp³-hybridized carbons (Fsp3) is 0.0769. The highest BCUT2D eigenvalue weighted by Crippen LogP contribution is 2.29. The SMILES string of the molecule is CNc1cccc(-c2cc(F)ccc2Cl)c1. The van der Waals surface area contributed by atoms with Crippen LogP contribution in [-0.4, -0.2) is 7.05 Å². The summed E-state index contributed by atoms with van der Waals surface area (Å²) < 4.78 is 13.1. The minimum Gasteiger partial charge on any atom is -0.388 e. The van der Waals surface area contributed by atoms with Crippen LogP contribution in [0.5, 0.6) is 0 Å². The van der Waals surface area contributed by atoms with Gasteiger partial charge in [0.2, 0.25) is 0 Å². The molecule has 0 saturated heterocycles. The lowest BCUT2D eigenvalue weighted by Crippen LogP contribution is -1.88. The number of hydrogen-bond donors (Lipinski definition) is 1. The van der Waals surface area contributed by atoms with Crippen molar-refractivity contribution in [2.24, 2.45) is 0 Å². The summed E-state index contributed by atoms with van der Waals surface area (Å²) in [6.07, 6.45) is 0. The number of nitrogens with one attached hydrogen (secondary N) is 1. The second kappa shape index (κ2) is 4.54. The summed E-state index contributed by atoms with van der Waals surface area (Å²) in [5, 5.41) is 3.58. The molecular weight excluding hydrogens is 225 g/mol. The monoisotopic (exact) mass is 235 g/mol. The number of benzene rings is 2. The van der Waals surface area contributed by atoms with Crippen molar-refractivity contribution in [2.75, 3.05) is 12.4 Å². The van der Waals surface area contributed by atoms with E-state index in [1.807, 2.05) is 31.3 Å². The predicted molar refractivity (Wildman–Crippen MR) is 66.4 cm³/mol. The summed E-state index contributed by atoms with van der Waals surface area (Å²) in [6.45, 7) is 0. The van der Waals surface area contributed by atoms with Gasteiger partial charge in [-0.1, -0.05) is 23.7 Å². The summed E-state index contributed by atoms with van der Waals surface area (Å²) in [5.41, 5.74) is 2.58. The highest BCUT2D eigenvalue weighted by Gasteiger charge is 2.05. The molecule has 0 heterocycles. The molecule has 3 heteroatoms. The minimum absolute atomic E-state index is 0.283. The molecule has 2 rings (SSSR count). The third-order valence-electron chi connectivity index (χ3n) is 2.39. The van der Waals surface area contributed by atoms with E-state index in [1.165, 1.54) is 12.1 Å². The van der Waals surface area contributed by atoms with E-state index >= 15 is 0 Å². The van der Waals surface area contributed by atoms with Crippen LogP contribution in [0.1, 0.15) is 0 Å². The summed E-state index contributed by atoms with van der Waals surface area (Å²) >= 11 is 6.04. The molecule has 2 aromatic rings. The fourth-order valence-electron chi connectivity index (χ4n) is 1.56. The lowest BCUT2D eigenvalue weighted by atomic mass is 10.0. The molecule has 82 valence electrons. The molecule has 0 saturated carbocycles. The Labute approximate surface area is 98.9 Å². The van der Waals surface area contributed by atoms with Crippen LogP contribution >= 0.6 is 11.6 Å². The molecule has 1 N–H and O–H groups in total. The third-order valence-corrected chi connectivity index (χ3v) is 2.72. The molecule has 16 heavy (non-hydrogen) atoms. The molecule has 1 nitrogen and oxygen atoms in total. The Morgan fingerprint density at radius 2 is 1.94 bits per heavy atom. The Hall–Kier alpha value is -1.54. The van der Waals surface area contributed by atoms with E-state index < -0.39 is 0 Å². The molecule has 0 unspecified atom stereocenters. The first-order chi connectivity index (χ1) is 7.70. The lowest BCUT2D eigenvalue weighted by Gasteiger charge is -2.07. The Bertz CT molecular complexity index is 511. The van der Waals surface area contributed by atoms with Gasteiger partial charge in [0.05, 0.1) is 0 Å². The van der Waals surface area contributed by atoms with Crippen LogP contribution in [-0.2, 0) is 0 Å². The normalized spacial score (nSPS) is 10.2. The van der Waals surface area contributed by atoms with Crippen molar-refractivity contribution in [1.29, 1.82) is 0 Å². The first kappa shape index (κ1) is 11.0. The van der Waals surface area contributed by atoms with Crippen LogP contribution < -0.4 is 5.32 Å². The van der Waals surface area contributed by atoms with Gasteiger partial charge in [-0.3, -0.25) is 0 Å². The van der Waals surface area contributed by atoms with Crippen LogP contribution in [0, 0.1) is 5.82 Å². The molecular formula is C13H11ClFN. The number of anilines is 1. The van der Waals surface area contributed by atoms with Gasteiger partial charge in [-0.2, -0.15) is 0 Å². The van der Waals surface area contributed by atoms with Gasteiger partial charge in [0.25, 0.3) is 0 Å². The summed E-state index contributed by atoms with van der Waals surface area (Å²) in [5.74, 6) is -0.283. The molecule has 0 spiro atoms. The highest BCUT2D eigenvalue weighted by molar-refractivity contribution is 6.33. The van der Waals surface area contributed by atoms with Gasteiger partial charge < -0.3 is 5.32 Å². The first-order valence-electron chi connectivity index (χ1n) is 4.94. The van der Waals surface area contributed by atoms with Gasteiger partial charge in [-0.25, -0.2) is 4.39 Å². The summed E-state index contributed by atoms with van der Waals surface area (Å²) in [6, 6.07) is 12.0. The smallest absolute Gasteiger partial charge is 0.123 e. The molecule has 0 aliphatic carbocycles. The number of hydrogen-bond acceptors (Lipinski definition) is 1. The van der Waals surface area contributed by atoms with Crippen molar-refractivity contribution < 1.29 is 4.39 Å². The molecule has 0 bridgehead atoms. The van der Waals surface area contributed by atoms with Crippen molar-refractivity contribution in [3.05, 3.63) is 53.3 Å². The largest absolute Gasteiger partial charge is 0.388 e. The van der Waals surface area contributed by atoms with E-state index in [2.05, 4.69) is 5.32 Å². The van der Waals surface area contributed by atoms with Crippen molar-refractivity contribution in [2.45, 2.75) is 0 Å². The Kier molecular flexibility index (Phi) is 3.11. The van der Waals surface area contributed by atoms with E-state index in [-0.39, 0.29) is 5.82 Å². The lowest BCUT2D eigenvalue weighted by molar-refractivity contribution is 0.628. The van der Waals surface area contributed by atoms with Crippen molar-refractivity contribution in [1.82, 2.24) is 0 Å². The average Bonchev–Trinajstić information content (AvgIpc) is 2.32. The van der Waals surface area contributed by atoms with Crippen LogP contribution in [0.2, 0.25) is 5.02 Å². The van der Waals surface area contributed by atoms with Crippen molar-refractivity contribution in [3.63, 3.8) is 0 Å². The predicted octanol–water partition coefficient (Wildman–Crippen LogP) is 4.19. The standard InChI is InChI=1S/C13H11ClFN/c1-16-11-4-2-3-9(7-11)12-8-10(15)5-6-13(12)14/h2-8,16H,1H3. The molecule has 0 amide bonds. The molecule has 0 aliphatic heterocycles. The molecule has 0 aliphatic rings.